The number of nitrogens with one attached hydrogen (secondary N) is 2. The molecule has 3 rings (SSSR count). The second kappa shape index (κ2) is 10.0. The van der Waals surface area contributed by atoms with Crippen LogP contribution in [0, 0.1) is 6.92 Å². The summed E-state index contributed by atoms with van der Waals surface area (Å²) < 4.78 is 5.93. The Morgan fingerprint density at radius 1 is 1.26 bits per heavy atom. The highest BCUT2D eigenvalue weighted by molar-refractivity contribution is 7.80. The summed E-state index contributed by atoms with van der Waals surface area (Å²) in [6.45, 7) is 4.44. The van der Waals surface area contributed by atoms with Gasteiger partial charge in [0.1, 0.15) is 0 Å². The normalized spacial score (nSPS) is 18.0. The van der Waals surface area contributed by atoms with E-state index in [1.165, 1.54) is 32.1 Å². The molecule has 0 unspecified atom stereocenters. The molecule has 0 spiro atoms. The third-order valence-electron chi connectivity index (χ3n) is 5.33. The summed E-state index contributed by atoms with van der Waals surface area (Å²) in [4.78, 5) is 13.8. The van der Waals surface area contributed by atoms with Crippen LogP contribution in [0.3, 0.4) is 0 Å². The van der Waals surface area contributed by atoms with E-state index >= 15 is 0 Å². The van der Waals surface area contributed by atoms with Crippen molar-refractivity contribution >= 4 is 34.6 Å². The van der Waals surface area contributed by atoms with Gasteiger partial charge in [0.15, 0.2) is 5.11 Å². The fourth-order valence-electron chi connectivity index (χ4n) is 3.87. The van der Waals surface area contributed by atoms with Crippen LogP contribution in [0.1, 0.15) is 56.9 Å². The van der Waals surface area contributed by atoms with Crippen LogP contribution in [0.25, 0.3) is 0 Å². The molecule has 1 aliphatic heterocycles. The first kappa shape index (κ1) is 20.1. The van der Waals surface area contributed by atoms with Crippen molar-refractivity contribution in [3.63, 3.8) is 0 Å². The molecular formula is C21H31N3O2S. The lowest BCUT2D eigenvalue weighted by atomic mass is 9.98. The van der Waals surface area contributed by atoms with E-state index < -0.39 is 0 Å². The third kappa shape index (κ3) is 5.91. The quantitative estimate of drug-likeness (QED) is 0.542. The minimum Gasteiger partial charge on any atom is -0.378 e. The number of aryl methyl sites for hydroxylation is 1. The van der Waals surface area contributed by atoms with Gasteiger partial charge in [-0.3, -0.25) is 4.79 Å². The Morgan fingerprint density at radius 3 is 2.78 bits per heavy atom. The third-order valence-corrected chi connectivity index (χ3v) is 5.58. The Hall–Kier alpha value is -1.66. The van der Waals surface area contributed by atoms with Crippen LogP contribution in [-0.2, 0) is 9.53 Å². The van der Waals surface area contributed by atoms with Crippen LogP contribution < -0.4 is 15.5 Å². The highest BCUT2D eigenvalue weighted by atomic mass is 32.1. The molecule has 1 saturated carbocycles. The second-order valence-corrected chi connectivity index (χ2v) is 7.92. The lowest BCUT2D eigenvalue weighted by molar-refractivity contribution is -0.117. The van der Waals surface area contributed by atoms with Gasteiger partial charge in [-0.15, -0.1) is 0 Å². The maximum atomic E-state index is 11.9. The van der Waals surface area contributed by atoms with Gasteiger partial charge in [0, 0.05) is 37.5 Å². The van der Waals surface area contributed by atoms with Crippen LogP contribution in [0.4, 0.5) is 11.4 Å². The SMILES string of the molecule is Cc1cc(NC(=S)NCCCOC2CCCCC2)ccc1N1CCCC1=O. The molecule has 0 atom stereocenters. The molecule has 1 aromatic carbocycles. The van der Waals surface area contributed by atoms with Crippen LogP contribution in [0.5, 0.6) is 0 Å². The van der Waals surface area contributed by atoms with Crippen molar-refractivity contribution < 1.29 is 9.53 Å². The molecule has 148 valence electrons. The highest BCUT2D eigenvalue weighted by Gasteiger charge is 2.22. The largest absolute Gasteiger partial charge is 0.378 e. The lowest BCUT2D eigenvalue weighted by Crippen LogP contribution is -2.30. The summed E-state index contributed by atoms with van der Waals surface area (Å²) in [7, 11) is 0. The van der Waals surface area contributed by atoms with E-state index in [1.807, 2.05) is 30.0 Å². The standard InChI is InChI=1S/C21H31N3O2S/c1-16-15-17(10-11-19(16)24-13-5-9-20(24)25)23-21(27)22-12-6-14-26-18-7-3-2-4-8-18/h10-11,15,18H,2-9,12-14H2,1H3,(H2,22,23,27). The first-order valence-electron chi connectivity index (χ1n) is 10.2. The molecule has 0 aromatic heterocycles. The van der Waals surface area contributed by atoms with E-state index in [1.54, 1.807) is 0 Å². The van der Waals surface area contributed by atoms with Gasteiger partial charge >= 0.3 is 0 Å². The van der Waals surface area contributed by atoms with Gasteiger partial charge in [-0.05, 0) is 68.6 Å². The molecule has 2 aliphatic rings. The van der Waals surface area contributed by atoms with Gasteiger partial charge in [0.25, 0.3) is 0 Å². The topological polar surface area (TPSA) is 53.6 Å². The molecule has 27 heavy (non-hydrogen) atoms. The molecule has 0 radical (unpaired) electrons. The van der Waals surface area contributed by atoms with Gasteiger partial charge < -0.3 is 20.3 Å². The maximum absolute atomic E-state index is 11.9. The molecule has 2 N–H and O–H groups in total. The van der Waals surface area contributed by atoms with Crippen LogP contribution in [-0.4, -0.2) is 36.8 Å². The Morgan fingerprint density at radius 2 is 2.07 bits per heavy atom. The Balaban J connectivity index is 1.37. The van der Waals surface area contributed by atoms with E-state index in [4.69, 9.17) is 17.0 Å². The highest BCUT2D eigenvalue weighted by Crippen LogP contribution is 2.27. The van der Waals surface area contributed by atoms with Crippen molar-refractivity contribution in [2.45, 2.75) is 64.4 Å². The maximum Gasteiger partial charge on any atom is 0.227 e. The molecule has 1 amide bonds. The number of rotatable bonds is 7. The number of carbonyl (C=O) groups is 1. The number of ether oxygens (including phenoxy) is 1. The molecule has 1 saturated heterocycles. The molecule has 1 aromatic rings. The fraction of sp³-hybridized carbons (Fsp3) is 0.619. The lowest BCUT2D eigenvalue weighted by Gasteiger charge is -2.22. The monoisotopic (exact) mass is 389 g/mol. The number of nitrogens with zero attached hydrogens (tertiary/aromatic N) is 1. The van der Waals surface area contributed by atoms with Crippen molar-refractivity contribution in [1.82, 2.24) is 5.32 Å². The van der Waals surface area contributed by atoms with E-state index in [2.05, 4.69) is 10.6 Å². The summed E-state index contributed by atoms with van der Waals surface area (Å²) in [5.41, 5.74) is 3.03. The number of amides is 1. The number of anilines is 2. The van der Waals surface area contributed by atoms with Gasteiger partial charge in [-0.2, -0.15) is 0 Å². The van der Waals surface area contributed by atoms with Gasteiger partial charge in [0.2, 0.25) is 5.91 Å². The predicted octanol–water partition coefficient (Wildman–Crippen LogP) is 4.15. The number of benzene rings is 1. The number of hydrogen-bond acceptors (Lipinski definition) is 3. The molecule has 1 aliphatic carbocycles. The summed E-state index contributed by atoms with van der Waals surface area (Å²) in [5.74, 6) is 0.214. The summed E-state index contributed by atoms with van der Waals surface area (Å²) in [6, 6.07) is 6.02. The molecule has 1 heterocycles. The zero-order chi connectivity index (χ0) is 19.1. The van der Waals surface area contributed by atoms with Crippen molar-refractivity contribution in [3.05, 3.63) is 23.8 Å². The second-order valence-electron chi connectivity index (χ2n) is 7.52. The molecule has 6 heteroatoms. The summed E-state index contributed by atoms with van der Waals surface area (Å²) in [6.07, 6.45) is 9.41. The molecule has 2 fully saturated rings. The number of hydrogen-bond donors (Lipinski definition) is 2. The Kier molecular flexibility index (Phi) is 7.47. The zero-order valence-corrected chi connectivity index (χ0v) is 17.1. The summed E-state index contributed by atoms with van der Waals surface area (Å²) in [5, 5.41) is 7.09. The van der Waals surface area contributed by atoms with Gasteiger partial charge in [-0.25, -0.2) is 0 Å². The predicted molar refractivity (Wildman–Crippen MR) is 114 cm³/mol. The van der Waals surface area contributed by atoms with E-state index in [9.17, 15) is 4.79 Å². The Bertz CT molecular complexity index is 659. The average molecular weight is 390 g/mol. The fourth-order valence-corrected chi connectivity index (χ4v) is 4.09. The average Bonchev–Trinajstić information content (AvgIpc) is 3.08. The zero-order valence-electron chi connectivity index (χ0n) is 16.3. The smallest absolute Gasteiger partial charge is 0.227 e. The summed E-state index contributed by atoms with van der Waals surface area (Å²) >= 11 is 5.39. The van der Waals surface area contributed by atoms with Crippen molar-refractivity contribution in [2.24, 2.45) is 0 Å². The molecular weight excluding hydrogens is 358 g/mol. The van der Waals surface area contributed by atoms with Gasteiger partial charge in [0.05, 0.1) is 6.10 Å². The van der Waals surface area contributed by atoms with Crippen LogP contribution in [0.2, 0.25) is 0 Å². The van der Waals surface area contributed by atoms with Crippen LogP contribution >= 0.6 is 12.2 Å². The minimum atomic E-state index is 0.214. The van der Waals surface area contributed by atoms with Crippen LogP contribution in [0.15, 0.2) is 18.2 Å². The Labute approximate surface area is 167 Å². The van der Waals surface area contributed by atoms with Crippen molar-refractivity contribution in [2.75, 3.05) is 29.9 Å². The first-order valence-corrected chi connectivity index (χ1v) is 10.6. The van der Waals surface area contributed by atoms with E-state index in [-0.39, 0.29) is 5.91 Å². The van der Waals surface area contributed by atoms with Crippen molar-refractivity contribution in [3.8, 4) is 0 Å². The van der Waals surface area contributed by atoms with E-state index in [0.717, 1.165) is 49.5 Å². The van der Waals surface area contributed by atoms with E-state index in [0.29, 0.717) is 17.6 Å². The minimum absolute atomic E-state index is 0.214. The van der Waals surface area contributed by atoms with Gasteiger partial charge in [-0.1, -0.05) is 19.3 Å². The molecule has 5 nitrogen and oxygen atoms in total. The first-order chi connectivity index (χ1) is 13.1. The molecule has 0 bridgehead atoms. The number of carbonyl (C=O) groups excluding carboxylic acids is 1. The van der Waals surface area contributed by atoms with Crippen molar-refractivity contribution in [1.29, 1.82) is 0 Å². The number of thiocarbonyl (C=S) groups is 1.